The van der Waals surface area contributed by atoms with E-state index in [-0.39, 0.29) is 23.3 Å². The number of benzene rings is 1. The topological polar surface area (TPSA) is 96.9 Å². The van der Waals surface area contributed by atoms with Crippen molar-refractivity contribution in [3.05, 3.63) is 41.6 Å². The first-order chi connectivity index (χ1) is 10.6. The van der Waals surface area contributed by atoms with Gasteiger partial charge in [-0.2, -0.15) is 18.3 Å². The van der Waals surface area contributed by atoms with Gasteiger partial charge in [0.05, 0.1) is 11.7 Å². The molecule has 1 aromatic rings. The van der Waals surface area contributed by atoms with Gasteiger partial charge in [-0.05, 0) is 32.0 Å². The Kier molecular flexibility index (Phi) is 6.00. The SMILES string of the molecule is CC(C)Oc1cc(/C(N)=N/N/C=C\C(=O)O)cc(C(F)(F)F)c1. The predicted octanol–water partition coefficient (Wildman–Crippen LogP) is 2.30. The highest BCUT2D eigenvalue weighted by Crippen LogP contribution is 2.33. The van der Waals surface area contributed by atoms with E-state index in [0.717, 1.165) is 24.4 Å². The van der Waals surface area contributed by atoms with Crippen LogP contribution in [0.4, 0.5) is 13.2 Å². The van der Waals surface area contributed by atoms with Crippen molar-refractivity contribution in [1.82, 2.24) is 5.43 Å². The summed E-state index contributed by atoms with van der Waals surface area (Å²) in [7, 11) is 0. The first kappa shape index (κ1) is 18.3. The first-order valence-electron chi connectivity index (χ1n) is 6.47. The number of nitrogens with zero attached hydrogens (tertiary/aromatic N) is 1. The number of aliphatic carboxylic acids is 1. The van der Waals surface area contributed by atoms with Crippen molar-refractivity contribution < 1.29 is 27.8 Å². The maximum absolute atomic E-state index is 12.9. The molecule has 4 N–H and O–H groups in total. The number of amidine groups is 1. The molecule has 0 aliphatic carbocycles. The van der Waals surface area contributed by atoms with Gasteiger partial charge < -0.3 is 15.6 Å². The molecule has 23 heavy (non-hydrogen) atoms. The molecular formula is C14H16F3N3O3. The van der Waals surface area contributed by atoms with E-state index < -0.39 is 17.7 Å². The number of hydrazone groups is 1. The molecule has 0 aliphatic rings. The van der Waals surface area contributed by atoms with Crippen LogP contribution in [-0.4, -0.2) is 23.0 Å². The number of rotatable bonds is 6. The highest BCUT2D eigenvalue weighted by molar-refractivity contribution is 5.98. The van der Waals surface area contributed by atoms with Crippen LogP contribution in [0, 0.1) is 0 Å². The lowest BCUT2D eigenvalue weighted by Gasteiger charge is -2.14. The molecule has 0 heterocycles. The summed E-state index contributed by atoms with van der Waals surface area (Å²) in [5.74, 6) is -1.46. The van der Waals surface area contributed by atoms with Crippen molar-refractivity contribution in [3.8, 4) is 5.75 Å². The van der Waals surface area contributed by atoms with E-state index in [9.17, 15) is 18.0 Å². The smallest absolute Gasteiger partial charge is 0.416 e. The van der Waals surface area contributed by atoms with E-state index in [2.05, 4.69) is 10.5 Å². The number of ether oxygens (including phenoxy) is 1. The standard InChI is InChI=1S/C14H16F3N3O3/c1-8(2)23-11-6-9(5-10(7-11)14(15,16)17)13(18)20-19-4-3-12(21)22/h3-8,19H,1-2H3,(H2,18,20)(H,21,22)/b4-3-. The Morgan fingerprint density at radius 3 is 2.57 bits per heavy atom. The second-order valence-electron chi connectivity index (χ2n) is 4.71. The van der Waals surface area contributed by atoms with E-state index in [1.165, 1.54) is 6.07 Å². The minimum atomic E-state index is -4.57. The van der Waals surface area contributed by atoms with E-state index in [1.54, 1.807) is 13.8 Å². The molecular weight excluding hydrogens is 315 g/mol. The third kappa shape index (κ3) is 6.29. The van der Waals surface area contributed by atoms with Gasteiger partial charge in [0, 0.05) is 17.8 Å². The molecule has 9 heteroatoms. The van der Waals surface area contributed by atoms with Gasteiger partial charge in [0.25, 0.3) is 0 Å². The maximum Gasteiger partial charge on any atom is 0.416 e. The van der Waals surface area contributed by atoms with E-state index in [4.69, 9.17) is 15.6 Å². The molecule has 0 spiro atoms. The molecule has 0 saturated carbocycles. The van der Waals surface area contributed by atoms with E-state index >= 15 is 0 Å². The van der Waals surface area contributed by atoms with Gasteiger partial charge >= 0.3 is 12.1 Å². The number of halogens is 3. The predicted molar refractivity (Wildman–Crippen MR) is 77.8 cm³/mol. The molecule has 0 radical (unpaired) electrons. The quantitative estimate of drug-likeness (QED) is 0.322. The van der Waals surface area contributed by atoms with Gasteiger partial charge in [-0.15, -0.1) is 0 Å². The van der Waals surface area contributed by atoms with Crippen molar-refractivity contribution in [1.29, 1.82) is 0 Å². The van der Waals surface area contributed by atoms with Gasteiger partial charge in [0.1, 0.15) is 5.75 Å². The number of hydrogen-bond donors (Lipinski definition) is 3. The maximum atomic E-state index is 12.9. The molecule has 126 valence electrons. The third-order valence-corrected chi connectivity index (χ3v) is 2.39. The highest BCUT2D eigenvalue weighted by atomic mass is 19.4. The van der Waals surface area contributed by atoms with Crippen LogP contribution in [0.25, 0.3) is 0 Å². The average Bonchev–Trinajstić information content (AvgIpc) is 2.41. The summed E-state index contributed by atoms with van der Waals surface area (Å²) >= 11 is 0. The van der Waals surface area contributed by atoms with Crippen LogP contribution in [0.3, 0.4) is 0 Å². The average molecular weight is 331 g/mol. The molecule has 0 fully saturated rings. The third-order valence-electron chi connectivity index (χ3n) is 2.39. The summed E-state index contributed by atoms with van der Waals surface area (Å²) in [5, 5.41) is 12.0. The number of alkyl halides is 3. The number of carbonyl (C=O) groups is 1. The summed E-state index contributed by atoms with van der Waals surface area (Å²) in [4.78, 5) is 10.3. The molecule has 6 nitrogen and oxygen atoms in total. The Labute approximate surface area is 130 Å². The van der Waals surface area contributed by atoms with Gasteiger partial charge in [-0.25, -0.2) is 4.79 Å². The van der Waals surface area contributed by atoms with Crippen LogP contribution in [-0.2, 0) is 11.0 Å². The molecule has 0 unspecified atom stereocenters. The summed E-state index contributed by atoms with van der Waals surface area (Å²) < 4.78 is 44.0. The Morgan fingerprint density at radius 2 is 2.04 bits per heavy atom. The summed E-state index contributed by atoms with van der Waals surface area (Å²) in [6, 6.07) is 3.01. The lowest BCUT2D eigenvalue weighted by Crippen LogP contribution is -2.19. The molecule has 0 bridgehead atoms. The van der Waals surface area contributed by atoms with Crippen LogP contribution < -0.4 is 15.9 Å². The van der Waals surface area contributed by atoms with Crippen LogP contribution >= 0.6 is 0 Å². The number of nitrogens with two attached hydrogens (primary N) is 1. The second-order valence-corrected chi connectivity index (χ2v) is 4.71. The van der Waals surface area contributed by atoms with Crippen molar-refractivity contribution in [2.24, 2.45) is 10.8 Å². The van der Waals surface area contributed by atoms with E-state index in [1.807, 2.05) is 0 Å². The summed E-state index contributed by atoms with van der Waals surface area (Å²) in [5.41, 5.74) is 6.89. The van der Waals surface area contributed by atoms with Crippen LogP contribution in [0.15, 0.2) is 35.6 Å². The van der Waals surface area contributed by atoms with Crippen molar-refractivity contribution in [3.63, 3.8) is 0 Å². The zero-order chi connectivity index (χ0) is 17.6. The normalized spacial score (nSPS) is 12.7. The van der Waals surface area contributed by atoms with E-state index in [0.29, 0.717) is 0 Å². The minimum Gasteiger partial charge on any atom is -0.491 e. The van der Waals surface area contributed by atoms with Gasteiger partial charge in [-0.3, -0.25) is 5.43 Å². The zero-order valence-corrected chi connectivity index (χ0v) is 12.4. The molecule has 0 saturated heterocycles. The second kappa shape index (κ2) is 7.52. The minimum absolute atomic E-state index is 0.00375. The van der Waals surface area contributed by atoms with Crippen molar-refractivity contribution in [2.75, 3.05) is 0 Å². The van der Waals surface area contributed by atoms with Crippen LogP contribution in [0.5, 0.6) is 5.75 Å². The van der Waals surface area contributed by atoms with Gasteiger partial charge in [0.15, 0.2) is 5.84 Å². The fourth-order valence-corrected chi connectivity index (χ4v) is 1.53. The first-order valence-corrected chi connectivity index (χ1v) is 6.47. The Hall–Kier alpha value is -2.71. The lowest BCUT2D eigenvalue weighted by atomic mass is 10.1. The molecule has 1 rings (SSSR count). The number of hydrogen-bond acceptors (Lipinski definition) is 4. The Morgan fingerprint density at radius 1 is 1.39 bits per heavy atom. The molecule has 0 atom stereocenters. The van der Waals surface area contributed by atoms with Gasteiger partial charge in [-0.1, -0.05) is 0 Å². The van der Waals surface area contributed by atoms with Crippen molar-refractivity contribution in [2.45, 2.75) is 26.1 Å². The monoisotopic (exact) mass is 331 g/mol. The molecule has 0 aromatic heterocycles. The fraction of sp³-hybridized carbons (Fsp3) is 0.286. The largest absolute Gasteiger partial charge is 0.491 e. The number of carboxylic acids is 1. The van der Waals surface area contributed by atoms with Crippen LogP contribution in [0.1, 0.15) is 25.0 Å². The number of nitrogens with one attached hydrogen (secondary N) is 1. The molecule has 1 aromatic carbocycles. The molecule has 0 aliphatic heterocycles. The highest BCUT2D eigenvalue weighted by Gasteiger charge is 2.31. The zero-order valence-electron chi connectivity index (χ0n) is 12.4. The summed E-state index contributed by atoms with van der Waals surface area (Å²) in [6.45, 7) is 3.35. The van der Waals surface area contributed by atoms with Gasteiger partial charge in [0.2, 0.25) is 0 Å². The van der Waals surface area contributed by atoms with Crippen molar-refractivity contribution >= 4 is 11.8 Å². The number of carboxylic acid groups (broad SMARTS) is 1. The fourth-order valence-electron chi connectivity index (χ4n) is 1.53. The Bertz CT molecular complexity index is 625. The lowest BCUT2D eigenvalue weighted by molar-refractivity contribution is -0.137. The summed E-state index contributed by atoms with van der Waals surface area (Å²) in [6.07, 6.45) is -3.15. The molecule has 0 amide bonds. The van der Waals surface area contributed by atoms with Crippen LogP contribution in [0.2, 0.25) is 0 Å². The Balaban J connectivity index is 3.13.